The number of carbonyl (C=O) groups is 3. The lowest BCUT2D eigenvalue weighted by Gasteiger charge is -2.43. The molecule has 4 atom stereocenters. The van der Waals surface area contributed by atoms with E-state index in [0.717, 1.165) is 57.2 Å². The van der Waals surface area contributed by atoms with Gasteiger partial charge in [0.2, 0.25) is 0 Å². The number of aromatic carboxylic acids is 1. The van der Waals surface area contributed by atoms with Crippen molar-refractivity contribution in [1.29, 1.82) is 0 Å². The highest BCUT2D eigenvalue weighted by Gasteiger charge is 2.42. The van der Waals surface area contributed by atoms with Crippen LogP contribution >= 0.6 is 0 Å². The van der Waals surface area contributed by atoms with Crippen molar-refractivity contribution >= 4 is 17.9 Å². The minimum absolute atomic E-state index is 0.0178. The molecule has 28 rings (SSSR count). The van der Waals surface area contributed by atoms with Gasteiger partial charge in [0.1, 0.15) is 49.4 Å². The summed E-state index contributed by atoms with van der Waals surface area (Å²) in [6, 6.07) is 35.7. The normalized spacial score (nSPS) is 19.4. The van der Waals surface area contributed by atoms with Crippen LogP contribution in [-0.4, -0.2) is 17.9 Å². The van der Waals surface area contributed by atoms with Crippen LogP contribution in [0.1, 0.15) is 127 Å². The molecule has 0 fully saturated rings. The van der Waals surface area contributed by atoms with Gasteiger partial charge in [-0.25, -0.2) is 0 Å². The molecule has 0 saturated carbocycles. The highest BCUT2D eigenvalue weighted by Crippen LogP contribution is 2.57. The molecule has 22 aliphatic rings. The van der Waals surface area contributed by atoms with Gasteiger partial charge in [-0.1, -0.05) is 71.8 Å². The maximum atomic E-state index is 12.7. The first kappa shape index (κ1) is 41.4. The molecular formula is C55H43O10-3. The lowest BCUT2D eigenvalue weighted by molar-refractivity contribution is -0.302. The molecule has 6 aliphatic carbocycles. The molecule has 0 N–H and O–H groups in total. The lowest BCUT2D eigenvalue weighted by atomic mass is 9.61. The summed E-state index contributed by atoms with van der Waals surface area (Å²) in [5.41, 5.74) is 15.4. The van der Waals surface area contributed by atoms with Crippen LogP contribution in [0.4, 0.5) is 0 Å². The van der Waals surface area contributed by atoms with Crippen LogP contribution in [0.2, 0.25) is 0 Å². The van der Waals surface area contributed by atoms with E-state index in [2.05, 4.69) is 68.5 Å². The summed E-state index contributed by atoms with van der Waals surface area (Å²) in [6.07, 6.45) is 2.34. The number of carbonyl (C=O) groups excluding carboxylic acids is 3. The second-order valence-corrected chi connectivity index (χ2v) is 17.4. The summed E-state index contributed by atoms with van der Waals surface area (Å²) in [6.45, 7) is 8.06. The summed E-state index contributed by atoms with van der Waals surface area (Å²) in [5, 5.41) is 34.0. The molecule has 0 spiro atoms. The summed E-state index contributed by atoms with van der Waals surface area (Å²) < 4.78 is 25.4. The Bertz CT molecular complexity index is 3060. The number of hydrogen-bond donors (Lipinski definition) is 0. The third-order valence-electron chi connectivity index (χ3n) is 13.4. The van der Waals surface area contributed by atoms with Gasteiger partial charge in [-0.3, -0.25) is 0 Å². The van der Waals surface area contributed by atoms with E-state index in [1.165, 1.54) is 27.8 Å². The zero-order chi connectivity index (χ0) is 45.3. The van der Waals surface area contributed by atoms with Crippen LogP contribution in [-0.2, 0) is 36.0 Å². The van der Waals surface area contributed by atoms with Crippen molar-refractivity contribution in [1.82, 2.24) is 0 Å². The summed E-state index contributed by atoms with van der Waals surface area (Å²) >= 11 is 0. The Hall–Kier alpha value is -7.59. The van der Waals surface area contributed by atoms with Crippen LogP contribution in [0, 0.1) is 6.92 Å². The van der Waals surface area contributed by atoms with Crippen LogP contribution in [0.25, 0.3) is 0 Å². The van der Waals surface area contributed by atoms with E-state index >= 15 is 0 Å². The molecule has 0 saturated heterocycles. The topological polar surface area (TPSA) is 157 Å². The number of rotatable bonds is 2. The number of allylic oxidation sites excluding steroid dienone is 3. The molecule has 0 radical (unpaired) electrons. The van der Waals surface area contributed by atoms with Crippen molar-refractivity contribution in [2.75, 3.05) is 0 Å². The molecule has 326 valence electrons. The lowest BCUT2D eigenvalue weighted by Crippen LogP contribution is -2.36. The first-order chi connectivity index (χ1) is 31.3. The van der Waals surface area contributed by atoms with E-state index in [0.29, 0.717) is 41.6 Å². The summed E-state index contributed by atoms with van der Waals surface area (Å²) in [4.78, 5) is 34.0. The zero-order valence-electron chi connectivity index (χ0n) is 36.2. The maximum absolute atomic E-state index is 12.7. The SMILES string of the molecule is CC(=O)[O-].CC1=C[C@H]2c3ccc4cc3C1c1ccc(cc12)OCc1ccc(c(C(=O)[O-])c1)COc1ccc2c(c1)C1C(C(=O)[O-])=C(C)[C@@H]2c2cc(ccc21)OCc1ccc(c(C)c1)CO4. The van der Waals surface area contributed by atoms with E-state index in [1.54, 1.807) is 12.1 Å². The molecule has 6 aromatic carbocycles. The Labute approximate surface area is 376 Å². The quantitative estimate of drug-likeness (QED) is 0.167. The van der Waals surface area contributed by atoms with Crippen LogP contribution in [0.15, 0.2) is 132 Å². The second kappa shape index (κ2) is 16.2. The number of carboxylic acid groups (broad SMARTS) is 3. The van der Waals surface area contributed by atoms with E-state index in [1.807, 2.05) is 55.5 Å². The zero-order valence-corrected chi connectivity index (χ0v) is 36.2. The van der Waals surface area contributed by atoms with Crippen molar-refractivity contribution in [3.05, 3.63) is 210 Å². The van der Waals surface area contributed by atoms with Gasteiger partial charge in [0, 0.05) is 35.2 Å². The van der Waals surface area contributed by atoms with Crippen molar-refractivity contribution in [2.24, 2.45) is 0 Å². The average Bonchev–Trinajstić information content (AvgIpc) is 3.28. The number of benzene rings is 6. The van der Waals surface area contributed by atoms with Gasteiger partial charge in [-0.2, -0.15) is 0 Å². The molecule has 10 heteroatoms. The largest absolute Gasteiger partial charge is 0.550 e. The molecular weight excluding hydrogens is 821 g/mol. The van der Waals surface area contributed by atoms with Gasteiger partial charge in [-0.05, 0) is 160 Å². The van der Waals surface area contributed by atoms with Gasteiger partial charge in [0.15, 0.2) is 0 Å². The van der Waals surface area contributed by atoms with Gasteiger partial charge in [0.05, 0.1) is 11.9 Å². The van der Waals surface area contributed by atoms with Gasteiger partial charge in [0.25, 0.3) is 0 Å². The number of aryl methyl sites for hydroxylation is 1. The van der Waals surface area contributed by atoms with Gasteiger partial charge in [-0.15, -0.1) is 0 Å². The van der Waals surface area contributed by atoms with Gasteiger partial charge >= 0.3 is 0 Å². The van der Waals surface area contributed by atoms with E-state index in [-0.39, 0.29) is 42.1 Å². The predicted molar refractivity (Wildman–Crippen MR) is 235 cm³/mol. The molecule has 20 bridgehead atoms. The monoisotopic (exact) mass is 863 g/mol. The Morgan fingerprint density at radius 1 is 0.477 bits per heavy atom. The molecule has 0 aromatic heterocycles. The highest BCUT2D eigenvalue weighted by atomic mass is 16.5. The molecule has 2 unspecified atom stereocenters. The summed E-state index contributed by atoms with van der Waals surface area (Å²) in [7, 11) is 0. The first-order valence-corrected chi connectivity index (χ1v) is 21.6. The van der Waals surface area contributed by atoms with Crippen molar-refractivity contribution in [3.63, 3.8) is 0 Å². The molecule has 16 heterocycles. The average molecular weight is 864 g/mol. The second-order valence-electron chi connectivity index (χ2n) is 17.4. The summed E-state index contributed by atoms with van der Waals surface area (Å²) in [5.74, 6) is -1.55. The van der Waals surface area contributed by atoms with E-state index in [4.69, 9.17) is 28.8 Å². The number of ether oxygens (including phenoxy) is 4. The van der Waals surface area contributed by atoms with Crippen molar-refractivity contribution in [3.8, 4) is 23.0 Å². The third kappa shape index (κ3) is 7.38. The number of aliphatic carboxylic acids is 2. The molecule has 10 nitrogen and oxygen atoms in total. The number of carboxylic acids is 3. The minimum atomic E-state index is -1.31. The predicted octanol–water partition coefficient (Wildman–Crippen LogP) is 6.94. The van der Waals surface area contributed by atoms with Crippen LogP contribution in [0.3, 0.4) is 0 Å². The maximum Gasteiger partial charge on any atom is 0.120 e. The van der Waals surface area contributed by atoms with E-state index < -0.39 is 23.8 Å². The van der Waals surface area contributed by atoms with Crippen LogP contribution in [0.5, 0.6) is 23.0 Å². The first-order valence-electron chi connectivity index (χ1n) is 21.6. The third-order valence-corrected chi connectivity index (χ3v) is 13.4. The van der Waals surface area contributed by atoms with Gasteiger partial charge < -0.3 is 48.7 Å². The Morgan fingerprint density at radius 2 is 0.938 bits per heavy atom. The smallest absolute Gasteiger partial charge is 0.120 e. The van der Waals surface area contributed by atoms with Crippen LogP contribution < -0.4 is 34.3 Å². The Morgan fingerprint density at radius 3 is 1.51 bits per heavy atom. The molecule has 6 aromatic rings. The Kier molecular flexibility index (Phi) is 10.3. The van der Waals surface area contributed by atoms with E-state index in [9.17, 15) is 19.8 Å². The fraction of sp³-hybridized carbons (Fsp3) is 0.218. The highest BCUT2D eigenvalue weighted by molar-refractivity contribution is 5.92. The number of hydrogen-bond acceptors (Lipinski definition) is 10. The molecule has 0 amide bonds. The fourth-order valence-electron chi connectivity index (χ4n) is 10.5. The molecule has 65 heavy (non-hydrogen) atoms. The minimum Gasteiger partial charge on any atom is -0.550 e. The Balaban J connectivity index is 0.00000120. The molecule has 16 aliphatic heterocycles. The van der Waals surface area contributed by atoms with Crippen molar-refractivity contribution in [2.45, 2.75) is 77.8 Å². The fourth-order valence-corrected chi connectivity index (χ4v) is 10.5. The standard InChI is InChI=1S/C53H42O8.C2H4O2/c1-27-16-30-4-6-32(27)25-60-36-8-12-38-43-17-28(2)48(45(38)20-36)39-13-9-34(19-44(39)43)59-24-31-5-7-33(42(18-31)52(54)55)26-61-37-10-14-40-47(22-37)51-41-15-11-35(58-23-30)21-46(41)49(40)29(3)50(51)53(56)57;1-2(3)4/h4-22,43,48-49,51H,23-26H2,1-3H3,(H,54,55)(H,56,57);1H3,(H,3,4)/p-3/t43-,48?,49-,51?;/m0./s1. The van der Waals surface area contributed by atoms with Crippen molar-refractivity contribution < 1.29 is 48.7 Å².